The lowest BCUT2D eigenvalue weighted by atomic mass is 9.80. The van der Waals surface area contributed by atoms with Crippen molar-refractivity contribution in [1.29, 1.82) is 5.26 Å². The van der Waals surface area contributed by atoms with Crippen molar-refractivity contribution in [3.63, 3.8) is 0 Å². The van der Waals surface area contributed by atoms with Gasteiger partial charge in [0.05, 0.1) is 17.0 Å². The first-order valence-corrected chi connectivity index (χ1v) is 9.41. The van der Waals surface area contributed by atoms with Gasteiger partial charge in [0.2, 0.25) is 0 Å². The van der Waals surface area contributed by atoms with Gasteiger partial charge >= 0.3 is 0 Å². The normalized spacial score (nSPS) is 14.0. The predicted octanol–water partition coefficient (Wildman–Crippen LogP) is 5.81. The van der Waals surface area contributed by atoms with Crippen molar-refractivity contribution in [2.45, 2.75) is 25.2 Å². The van der Waals surface area contributed by atoms with E-state index in [0.29, 0.717) is 5.56 Å². The third-order valence-electron chi connectivity index (χ3n) is 5.56. The number of aromatic nitrogens is 2. The molecule has 1 aliphatic carbocycles. The van der Waals surface area contributed by atoms with Crippen LogP contribution in [-0.2, 0) is 0 Å². The third-order valence-corrected chi connectivity index (χ3v) is 5.56. The Kier molecular flexibility index (Phi) is 3.76. The molecule has 3 nitrogen and oxygen atoms in total. The van der Waals surface area contributed by atoms with Gasteiger partial charge < -0.3 is 0 Å². The Morgan fingerprint density at radius 1 is 0.889 bits per heavy atom. The smallest absolute Gasteiger partial charge is 0.138 e. The molecule has 130 valence electrons. The number of hydrogen-bond donors (Lipinski definition) is 0. The van der Waals surface area contributed by atoms with Crippen LogP contribution in [0.15, 0.2) is 72.9 Å². The lowest BCUT2D eigenvalue weighted by Gasteiger charge is -2.25. The van der Waals surface area contributed by atoms with Crippen LogP contribution >= 0.6 is 0 Å². The van der Waals surface area contributed by atoms with Crippen molar-refractivity contribution in [2.24, 2.45) is 0 Å². The molecule has 1 saturated carbocycles. The van der Waals surface area contributed by atoms with E-state index in [9.17, 15) is 5.26 Å². The Hall–Kier alpha value is -3.38. The van der Waals surface area contributed by atoms with Gasteiger partial charge in [-0.1, -0.05) is 61.0 Å². The van der Waals surface area contributed by atoms with Crippen LogP contribution in [0.4, 0.5) is 0 Å². The van der Waals surface area contributed by atoms with E-state index in [0.717, 1.165) is 34.1 Å². The Labute approximate surface area is 158 Å². The van der Waals surface area contributed by atoms with Gasteiger partial charge in [-0.15, -0.1) is 0 Å². The van der Waals surface area contributed by atoms with Crippen molar-refractivity contribution >= 4 is 5.65 Å². The maximum Gasteiger partial charge on any atom is 0.138 e. The van der Waals surface area contributed by atoms with E-state index in [4.69, 9.17) is 4.98 Å². The SMILES string of the molecule is N#Cc1ccc2nc(-c3ccc(C4CCC4)cc3)c(-c3ccccc3)n2c1. The van der Waals surface area contributed by atoms with E-state index < -0.39 is 0 Å². The summed E-state index contributed by atoms with van der Waals surface area (Å²) in [6.45, 7) is 0. The van der Waals surface area contributed by atoms with E-state index in [-0.39, 0.29) is 0 Å². The molecule has 0 bridgehead atoms. The molecule has 0 aliphatic heterocycles. The molecule has 0 N–H and O–H groups in total. The maximum absolute atomic E-state index is 9.31. The molecule has 2 aromatic heterocycles. The Bertz CT molecular complexity index is 1140. The van der Waals surface area contributed by atoms with E-state index in [2.05, 4.69) is 42.5 Å². The lowest BCUT2D eigenvalue weighted by molar-refractivity contribution is 0.420. The van der Waals surface area contributed by atoms with Crippen molar-refractivity contribution in [2.75, 3.05) is 0 Å². The highest BCUT2D eigenvalue weighted by molar-refractivity contribution is 5.82. The molecule has 1 aliphatic rings. The fourth-order valence-corrected chi connectivity index (χ4v) is 3.84. The van der Waals surface area contributed by atoms with Crippen molar-refractivity contribution < 1.29 is 0 Å². The molecule has 5 rings (SSSR count). The molecule has 1 fully saturated rings. The number of pyridine rings is 1. The van der Waals surface area contributed by atoms with Gasteiger partial charge in [-0.2, -0.15) is 5.26 Å². The highest BCUT2D eigenvalue weighted by atomic mass is 15.0. The second-order valence-electron chi connectivity index (χ2n) is 7.18. The van der Waals surface area contributed by atoms with Crippen LogP contribution in [0.3, 0.4) is 0 Å². The first-order valence-electron chi connectivity index (χ1n) is 9.41. The molecule has 0 amide bonds. The standard InChI is InChI=1S/C24H19N3/c25-15-17-9-14-22-26-23(20-12-10-19(11-13-20)18-7-4-8-18)24(27(22)16-17)21-5-2-1-3-6-21/h1-3,5-6,9-14,16,18H,4,7-8H2. The minimum absolute atomic E-state index is 0.629. The number of hydrogen-bond acceptors (Lipinski definition) is 2. The topological polar surface area (TPSA) is 41.1 Å². The van der Waals surface area contributed by atoms with Gasteiger partial charge in [0, 0.05) is 17.3 Å². The van der Waals surface area contributed by atoms with Gasteiger partial charge in [-0.3, -0.25) is 4.40 Å². The summed E-state index contributed by atoms with van der Waals surface area (Å²) < 4.78 is 2.03. The average molecular weight is 349 g/mol. The molecule has 0 spiro atoms. The molecule has 27 heavy (non-hydrogen) atoms. The second-order valence-corrected chi connectivity index (χ2v) is 7.18. The monoisotopic (exact) mass is 349 g/mol. The largest absolute Gasteiger partial charge is 0.298 e. The Balaban J connectivity index is 1.70. The molecule has 0 radical (unpaired) electrons. The third kappa shape index (κ3) is 2.71. The minimum Gasteiger partial charge on any atom is -0.298 e. The van der Waals surface area contributed by atoms with Crippen LogP contribution in [0.2, 0.25) is 0 Å². The average Bonchev–Trinajstić information content (AvgIpc) is 3.06. The van der Waals surface area contributed by atoms with E-state index in [1.54, 1.807) is 0 Å². The fraction of sp³-hybridized carbons (Fsp3) is 0.167. The Morgan fingerprint density at radius 2 is 1.67 bits per heavy atom. The number of nitrogens with zero attached hydrogens (tertiary/aromatic N) is 3. The number of benzene rings is 2. The zero-order valence-electron chi connectivity index (χ0n) is 15.0. The van der Waals surface area contributed by atoms with Gasteiger partial charge in [0.1, 0.15) is 11.7 Å². The van der Waals surface area contributed by atoms with E-state index >= 15 is 0 Å². The first kappa shape index (κ1) is 15.8. The highest BCUT2D eigenvalue weighted by Gasteiger charge is 2.20. The van der Waals surface area contributed by atoms with Crippen molar-refractivity contribution in [1.82, 2.24) is 9.38 Å². The second kappa shape index (κ2) is 6.41. The molecule has 0 atom stereocenters. The molecular weight excluding hydrogens is 330 g/mol. The van der Waals surface area contributed by atoms with Gasteiger partial charge in [-0.05, 0) is 36.5 Å². The molecular formula is C24H19N3. The highest BCUT2D eigenvalue weighted by Crippen LogP contribution is 2.38. The molecule has 4 aromatic rings. The molecule has 2 aromatic carbocycles. The number of imidazole rings is 1. The van der Waals surface area contributed by atoms with Crippen LogP contribution in [-0.4, -0.2) is 9.38 Å². The van der Waals surface area contributed by atoms with Crippen LogP contribution in [0.5, 0.6) is 0 Å². The van der Waals surface area contributed by atoms with Gasteiger partial charge in [0.25, 0.3) is 0 Å². The fourth-order valence-electron chi connectivity index (χ4n) is 3.84. The minimum atomic E-state index is 0.629. The summed E-state index contributed by atoms with van der Waals surface area (Å²) in [5, 5.41) is 9.31. The molecule has 0 saturated heterocycles. The van der Waals surface area contributed by atoms with Crippen LogP contribution in [0, 0.1) is 11.3 Å². The summed E-state index contributed by atoms with van der Waals surface area (Å²) in [6.07, 6.45) is 5.83. The van der Waals surface area contributed by atoms with Crippen LogP contribution in [0.1, 0.15) is 36.3 Å². The zero-order chi connectivity index (χ0) is 18.2. The summed E-state index contributed by atoms with van der Waals surface area (Å²) in [4.78, 5) is 4.90. The van der Waals surface area contributed by atoms with Crippen molar-refractivity contribution in [3.8, 4) is 28.6 Å². The van der Waals surface area contributed by atoms with Crippen LogP contribution < -0.4 is 0 Å². The van der Waals surface area contributed by atoms with Gasteiger partial charge in [0.15, 0.2) is 0 Å². The summed E-state index contributed by atoms with van der Waals surface area (Å²) in [6, 6.07) is 25.1. The zero-order valence-corrected chi connectivity index (χ0v) is 15.0. The molecule has 3 heteroatoms. The van der Waals surface area contributed by atoms with Crippen molar-refractivity contribution in [3.05, 3.63) is 84.1 Å². The summed E-state index contributed by atoms with van der Waals surface area (Å²) >= 11 is 0. The number of rotatable bonds is 3. The van der Waals surface area contributed by atoms with Crippen LogP contribution in [0.25, 0.3) is 28.2 Å². The molecule has 2 heterocycles. The quantitative estimate of drug-likeness (QED) is 0.468. The summed E-state index contributed by atoms with van der Waals surface area (Å²) in [7, 11) is 0. The predicted molar refractivity (Wildman–Crippen MR) is 107 cm³/mol. The number of nitriles is 1. The maximum atomic E-state index is 9.31. The first-order chi connectivity index (χ1) is 13.3. The van der Waals surface area contributed by atoms with E-state index in [1.807, 2.05) is 40.9 Å². The van der Waals surface area contributed by atoms with Gasteiger partial charge in [-0.25, -0.2) is 4.98 Å². The summed E-state index contributed by atoms with van der Waals surface area (Å²) in [5.41, 5.74) is 7.10. The lowest BCUT2D eigenvalue weighted by Crippen LogP contribution is -2.08. The Morgan fingerprint density at radius 3 is 2.33 bits per heavy atom. The van der Waals surface area contributed by atoms with E-state index in [1.165, 1.54) is 24.8 Å². The summed E-state index contributed by atoms with van der Waals surface area (Å²) in [5.74, 6) is 0.729. The molecule has 0 unspecified atom stereocenters. The number of fused-ring (bicyclic) bond motifs is 1.